The van der Waals surface area contributed by atoms with Crippen LogP contribution in [-0.2, 0) is 0 Å². The first-order valence-corrected chi connectivity index (χ1v) is 7.96. The Kier molecular flexibility index (Phi) is 3.38. The molecule has 0 aliphatic carbocycles. The van der Waals surface area contributed by atoms with Crippen molar-refractivity contribution in [3.8, 4) is 45.9 Å². The number of aromatic nitrogens is 4. The molecule has 0 saturated heterocycles. The van der Waals surface area contributed by atoms with E-state index in [0.717, 1.165) is 11.1 Å². The van der Waals surface area contributed by atoms with Gasteiger partial charge < -0.3 is 18.3 Å². The van der Waals surface area contributed by atoms with Crippen molar-refractivity contribution in [1.29, 1.82) is 0 Å². The van der Waals surface area contributed by atoms with Gasteiger partial charge in [0.05, 0.1) is 0 Å². The molecule has 4 aromatic rings. The van der Waals surface area contributed by atoms with Crippen LogP contribution in [0.1, 0.15) is 0 Å². The van der Waals surface area contributed by atoms with Crippen LogP contribution in [-0.4, -0.2) is 33.4 Å². The minimum absolute atomic E-state index is 0.274. The number of ether oxygens (including phenoxy) is 2. The van der Waals surface area contributed by atoms with Crippen molar-refractivity contribution in [3.05, 3.63) is 49.1 Å². The van der Waals surface area contributed by atoms with Gasteiger partial charge in [0.1, 0.15) is 13.2 Å². The van der Waals surface area contributed by atoms with Crippen molar-refractivity contribution in [2.45, 2.75) is 0 Å². The number of rotatable bonds is 3. The minimum Gasteiger partial charge on any atom is -0.486 e. The second-order valence-electron chi connectivity index (χ2n) is 5.54. The van der Waals surface area contributed by atoms with Gasteiger partial charge in [-0.05, 0) is 30.3 Å². The highest BCUT2D eigenvalue weighted by atomic mass is 16.6. The fourth-order valence-electron chi connectivity index (χ4n) is 2.72. The zero-order valence-electron chi connectivity index (χ0n) is 13.5. The van der Waals surface area contributed by atoms with Gasteiger partial charge in [0.25, 0.3) is 5.89 Å². The number of fused-ring (bicyclic) bond motifs is 1. The molecule has 0 fully saturated rings. The Balaban J connectivity index is 1.53. The Morgan fingerprint density at radius 1 is 0.808 bits per heavy atom. The van der Waals surface area contributed by atoms with Gasteiger partial charge in [0.2, 0.25) is 5.89 Å². The van der Waals surface area contributed by atoms with E-state index in [1.165, 1.54) is 6.39 Å². The third-order valence-corrected chi connectivity index (χ3v) is 3.93. The zero-order valence-corrected chi connectivity index (χ0v) is 13.5. The maximum absolute atomic E-state index is 5.76. The Morgan fingerprint density at radius 3 is 2.50 bits per heavy atom. The van der Waals surface area contributed by atoms with Gasteiger partial charge in [0, 0.05) is 23.5 Å². The van der Waals surface area contributed by atoms with Gasteiger partial charge in [-0.3, -0.25) is 4.98 Å². The van der Waals surface area contributed by atoms with E-state index in [4.69, 9.17) is 18.3 Å². The van der Waals surface area contributed by atoms with Crippen molar-refractivity contribution < 1.29 is 18.3 Å². The van der Waals surface area contributed by atoms with Crippen LogP contribution in [0.3, 0.4) is 0 Å². The lowest BCUT2D eigenvalue weighted by Gasteiger charge is -2.18. The monoisotopic (exact) mass is 348 g/mol. The summed E-state index contributed by atoms with van der Waals surface area (Å²) in [6, 6.07) is 9.15. The molecule has 5 rings (SSSR count). The van der Waals surface area contributed by atoms with Crippen LogP contribution in [0.4, 0.5) is 0 Å². The van der Waals surface area contributed by atoms with Crippen molar-refractivity contribution >= 4 is 0 Å². The van der Waals surface area contributed by atoms with Crippen LogP contribution in [0.5, 0.6) is 11.5 Å². The molecule has 26 heavy (non-hydrogen) atoms. The summed E-state index contributed by atoms with van der Waals surface area (Å²) in [4.78, 5) is 8.21. The molecule has 3 aromatic heterocycles. The van der Waals surface area contributed by atoms with Gasteiger partial charge in [-0.1, -0.05) is 0 Å². The Labute approximate surface area is 147 Å². The predicted molar refractivity (Wildman–Crippen MR) is 89.5 cm³/mol. The Morgan fingerprint density at radius 2 is 1.62 bits per heavy atom. The lowest BCUT2D eigenvalue weighted by Crippen LogP contribution is -2.15. The van der Waals surface area contributed by atoms with Crippen LogP contribution < -0.4 is 9.47 Å². The number of pyridine rings is 1. The smallest absolute Gasteiger partial charge is 0.270 e. The molecule has 0 radical (unpaired) electrons. The van der Waals surface area contributed by atoms with Gasteiger partial charge in [-0.25, -0.2) is 4.98 Å². The van der Waals surface area contributed by atoms with Gasteiger partial charge >= 0.3 is 0 Å². The van der Waals surface area contributed by atoms with Gasteiger partial charge in [-0.15, -0.1) is 10.2 Å². The molecule has 8 heteroatoms. The van der Waals surface area contributed by atoms with E-state index in [-0.39, 0.29) is 5.89 Å². The third-order valence-electron chi connectivity index (χ3n) is 3.93. The summed E-state index contributed by atoms with van der Waals surface area (Å²) >= 11 is 0. The molecule has 0 spiro atoms. The van der Waals surface area contributed by atoms with Crippen molar-refractivity contribution in [3.63, 3.8) is 0 Å². The van der Waals surface area contributed by atoms with Crippen molar-refractivity contribution in [2.75, 3.05) is 13.2 Å². The molecule has 0 N–H and O–H groups in total. The fourth-order valence-corrected chi connectivity index (χ4v) is 2.72. The number of hydrogen-bond donors (Lipinski definition) is 0. The SMILES string of the molecule is c1cc(-c2nnc(-c3ncoc3-c3ccc4c(c3)OCCO4)o2)ccn1. The Bertz CT molecular complexity index is 1060. The fraction of sp³-hybridized carbons (Fsp3) is 0.111. The maximum atomic E-state index is 5.76. The highest BCUT2D eigenvalue weighted by Gasteiger charge is 2.21. The van der Waals surface area contributed by atoms with Crippen molar-refractivity contribution in [2.24, 2.45) is 0 Å². The first-order valence-electron chi connectivity index (χ1n) is 7.96. The number of nitrogens with zero attached hydrogens (tertiary/aromatic N) is 4. The summed E-state index contributed by atoms with van der Waals surface area (Å²) in [6.07, 6.45) is 4.67. The molecular formula is C18H12N4O4. The predicted octanol–water partition coefficient (Wildman–Crippen LogP) is 3.22. The molecule has 128 valence electrons. The maximum Gasteiger partial charge on any atom is 0.270 e. The molecule has 0 bridgehead atoms. The first kappa shape index (κ1) is 14.6. The summed E-state index contributed by atoms with van der Waals surface area (Å²) in [5.74, 6) is 2.55. The van der Waals surface area contributed by atoms with E-state index in [1.807, 2.05) is 18.2 Å². The van der Waals surface area contributed by atoms with Gasteiger partial charge in [0.15, 0.2) is 29.3 Å². The molecule has 1 aliphatic heterocycles. The number of oxazole rings is 1. The molecule has 0 amide bonds. The van der Waals surface area contributed by atoms with Crippen LogP contribution in [0, 0.1) is 0 Å². The van der Waals surface area contributed by atoms with E-state index < -0.39 is 0 Å². The molecule has 1 aromatic carbocycles. The molecule has 4 heterocycles. The number of benzene rings is 1. The van der Waals surface area contributed by atoms with E-state index in [2.05, 4.69) is 20.2 Å². The molecule has 0 unspecified atom stereocenters. The third kappa shape index (κ3) is 2.48. The van der Waals surface area contributed by atoms with Crippen molar-refractivity contribution in [1.82, 2.24) is 20.2 Å². The van der Waals surface area contributed by atoms with E-state index >= 15 is 0 Å². The Hall–Kier alpha value is -3.68. The van der Waals surface area contributed by atoms with E-state index in [9.17, 15) is 0 Å². The lowest BCUT2D eigenvalue weighted by molar-refractivity contribution is 0.171. The quantitative estimate of drug-likeness (QED) is 0.557. The van der Waals surface area contributed by atoms with E-state index in [1.54, 1.807) is 24.5 Å². The molecule has 0 saturated carbocycles. The lowest BCUT2D eigenvalue weighted by atomic mass is 10.1. The minimum atomic E-state index is 0.274. The van der Waals surface area contributed by atoms with Crippen LogP contribution in [0.25, 0.3) is 34.4 Å². The zero-order chi connectivity index (χ0) is 17.3. The second-order valence-corrected chi connectivity index (χ2v) is 5.54. The van der Waals surface area contributed by atoms with E-state index in [0.29, 0.717) is 42.1 Å². The summed E-state index contributed by atoms with van der Waals surface area (Å²) in [5, 5.41) is 8.17. The molecule has 1 aliphatic rings. The van der Waals surface area contributed by atoms with Crippen LogP contribution >= 0.6 is 0 Å². The molecular weight excluding hydrogens is 336 g/mol. The first-order chi connectivity index (χ1) is 12.9. The second kappa shape index (κ2) is 5.99. The molecule has 0 atom stereocenters. The van der Waals surface area contributed by atoms with Gasteiger partial charge in [-0.2, -0.15) is 0 Å². The standard InChI is InChI=1S/C18H12N4O4/c1-2-13-14(24-8-7-23-13)9-12(1)16-15(20-10-25-16)18-22-21-17(26-18)11-3-5-19-6-4-11/h1-6,9-10H,7-8H2. The molecule has 8 nitrogen and oxygen atoms in total. The summed E-state index contributed by atoms with van der Waals surface area (Å²) in [6.45, 7) is 1.05. The van der Waals surface area contributed by atoms with Crippen LogP contribution in [0.2, 0.25) is 0 Å². The topological polar surface area (TPSA) is 96.3 Å². The number of hydrogen-bond acceptors (Lipinski definition) is 8. The summed E-state index contributed by atoms with van der Waals surface area (Å²) in [5.41, 5.74) is 2.03. The van der Waals surface area contributed by atoms with Crippen LogP contribution in [0.15, 0.2) is 58.0 Å². The average molecular weight is 348 g/mol. The average Bonchev–Trinajstić information content (AvgIpc) is 3.37. The largest absolute Gasteiger partial charge is 0.486 e. The summed E-state index contributed by atoms with van der Waals surface area (Å²) < 4.78 is 22.5. The highest BCUT2D eigenvalue weighted by Crippen LogP contribution is 2.37. The summed E-state index contributed by atoms with van der Waals surface area (Å²) in [7, 11) is 0. The normalized spacial score (nSPS) is 12.9. The highest BCUT2D eigenvalue weighted by molar-refractivity contribution is 5.74.